The summed E-state index contributed by atoms with van der Waals surface area (Å²) < 4.78 is 0.908. The molecule has 1 fully saturated rings. The number of benzene rings is 2. The number of hydrogen-bond donors (Lipinski definition) is 2. The minimum atomic E-state index is -0.0323. The Labute approximate surface area is 166 Å². The first kappa shape index (κ1) is 17.8. The van der Waals surface area contributed by atoms with Gasteiger partial charge >= 0.3 is 0 Å². The molecule has 1 aromatic heterocycles. The molecule has 1 atom stereocenters. The van der Waals surface area contributed by atoms with Crippen molar-refractivity contribution in [3.63, 3.8) is 0 Å². The number of anilines is 1. The second-order valence-electron chi connectivity index (χ2n) is 6.77. The lowest BCUT2D eigenvalue weighted by atomic mass is 10.0. The zero-order valence-electron chi connectivity index (χ0n) is 14.9. The van der Waals surface area contributed by atoms with Gasteiger partial charge in [0.1, 0.15) is 0 Å². The van der Waals surface area contributed by atoms with Gasteiger partial charge in [0.2, 0.25) is 0 Å². The molecular formula is C21H21BrN4O. The standard InChI is InChI=1S/C21H21BrN4O/c22-17-9-4-8-16(12-17)21(27)23-18-10-5-11-26(14-18)20-13-19(24-25-20)15-6-2-1-3-7-15/h1-4,6-9,12-13,18H,5,10-11,14H2,(H,23,27)(H,24,25). The summed E-state index contributed by atoms with van der Waals surface area (Å²) in [4.78, 5) is 14.8. The second kappa shape index (κ2) is 7.96. The zero-order valence-corrected chi connectivity index (χ0v) is 16.4. The summed E-state index contributed by atoms with van der Waals surface area (Å²) in [6.07, 6.45) is 2.00. The molecule has 1 aliphatic rings. The minimum Gasteiger partial charge on any atom is -0.353 e. The van der Waals surface area contributed by atoms with Crippen LogP contribution in [-0.4, -0.2) is 35.2 Å². The monoisotopic (exact) mass is 424 g/mol. The van der Waals surface area contributed by atoms with Crippen molar-refractivity contribution in [2.45, 2.75) is 18.9 Å². The van der Waals surface area contributed by atoms with Crippen molar-refractivity contribution >= 4 is 27.7 Å². The lowest BCUT2D eigenvalue weighted by Gasteiger charge is -2.33. The molecule has 0 saturated carbocycles. The van der Waals surface area contributed by atoms with Crippen molar-refractivity contribution in [2.24, 2.45) is 0 Å². The van der Waals surface area contributed by atoms with Gasteiger partial charge in [-0.3, -0.25) is 9.89 Å². The van der Waals surface area contributed by atoms with Crippen LogP contribution in [0.5, 0.6) is 0 Å². The first-order chi connectivity index (χ1) is 13.2. The maximum Gasteiger partial charge on any atom is 0.251 e. The Bertz CT molecular complexity index is 925. The van der Waals surface area contributed by atoms with E-state index in [0.717, 1.165) is 47.5 Å². The number of aromatic amines is 1. The molecule has 2 aromatic carbocycles. The number of halogens is 1. The molecule has 0 bridgehead atoms. The molecule has 1 saturated heterocycles. The molecule has 3 aromatic rings. The number of aromatic nitrogens is 2. The average molecular weight is 425 g/mol. The maximum atomic E-state index is 12.5. The first-order valence-corrected chi connectivity index (χ1v) is 9.90. The van der Waals surface area contributed by atoms with Gasteiger partial charge in [-0.1, -0.05) is 52.3 Å². The van der Waals surface area contributed by atoms with Crippen LogP contribution >= 0.6 is 15.9 Å². The summed E-state index contributed by atoms with van der Waals surface area (Å²) in [6, 6.07) is 19.8. The van der Waals surface area contributed by atoms with Crippen LogP contribution in [0.1, 0.15) is 23.2 Å². The van der Waals surface area contributed by atoms with Gasteiger partial charge in [0, 0.05) is 35.2 Å². The van der Waals surface area contributed by atoms with Gasteiger partial charge in [-0.15, -0.1) is 0 Å². The number of piperidine rings is 1. The van der Waals surface area contributed by atoms with Crippen LogP contribution in [-0.2, 0) is 0 Å². The Kier molecular flexibility index (Phi) is 5.25. The summed E-state index contributed by atoms with van der Waals surface area (Å²) in [7, 11) is 0. The molecule has 0 aliphatic carbocycles. The van der Waals surface area contributed by atoms with Gasteiger partial charge < -0.3 is 10.2 Å². The van der Waals surface area contributed by atoms with Crippen LogP contribution in [0.15, 0.2) is 65.1 Å². The van der Waals surface area contributed by atoms with Crippen molar-refractivity contribution in [2.75, 3.05) is 18.0 Å². The first-order valence-electron chi connectivity index (χ1n) is 9.11. The number of hydrogen-bond acceptors (Lipinski definition) is 3. The van der Waals surface area contributed by atoms with E-state index in [1.807, 2.05) is 42.5 Å². The third kappa shape index (κ3) is 4.22. The molecule has 4 rings (SSSR count). The highest BCUT2D eigenvalue weighted by Crippen LogP contribution is 2.24. The van der Waals surface area contributed by atoms with E-state index in [-0.39, 0.29) is 11.9 Å². The van der Waals surface area contributed by atoms with Crippen LogP contribution in [0.3, 0.4) is 0 Å². The van der Waals surface area contributed by atoms with E-state index < -0.39 is 0 Å². The molecule has 1 amide bonds. The normalized spacial score (nSPS) is 16.9. The number of H-pyrrole nitrogens is 1. The SMILES string of the molecule is O=C(NC1CCCN(c2cc(-c3ccccc3)[nH]n2)C1)c1cccc(Br)c1. The maximum absolute atomic E-state index is 12.5. The molecular weight excluding hydrogens is 404 g/mol. The Morgan fingerprint density at radius 1 is 1.15 bits per heavy atom. The molecule has 1 unspecified atom stereocenters. The Balaban J connectivity index is 1.42. The highest BCUT2D eigenvalue weighted by molar-refractivity contribution is 9.10. The number of carbonyl (C=O) groups is 1. The van der Waals surface area contributed by atoms with Gasteiger partial charge in [0.15, 0.2) is 5.82 Å². The summed E-state index contributed by atoms with van der Waals surface area (Å²) in [5, 5.41) is 10.8. The summed E-state index contributed by atoms with van der Waals surface area (Å²) >= 11 is 3.42. The molecule has 2 heterocycles. The average Bonchev–Trinajstić information content (AvgIpc) is 3.19. The summed E-state index contributed by atoms with van der Waals surface area (Å²) in [6.45, 7) is 1.71. The molecule has 27 heavy (non-hydrogen) atoms. The van der Waals surface area contributed by atoms with Crippen LogP contribution in [0.4, 0.5) is 5.82 Å². The number of carbonyl (C=O) groups excluding carboxylic acids is 1. The van der Waals surface area contributed by atoms with Gasteiger partial charge in [-0.2, -0.15) is 5.10 Å². The molecule has 0 radical (unpaired) electrons. The van der Waals surface area contributed by atoms with Crippen molar-refractivity contribution in [3.8, 4) is 11.3 Å². The van der Waals surface area contributed by atoms with Crippen molar-refractivity contribution in [3.05, 3.63) is 70.7 Å². The van der Waals surface area contributed by atoms with E-state index >= 15 is 0 Å². The van der Waals surface area contributed by atoms with Crippen molar-refractivity contribution < 1.29 is 4.79 Å². The number of nitrogens with zero attached hydrogens (tertiary/aromatic N) is 2. The van der Waals surface area contributed by atoms with E-state index in [0.29, 0.717) is 5.56 Å². The third-order valence-electron chi connectivity index (χ3n) is 4.82. The smallest absolute Gasteiger partial charge is 0.251 e. The molecule has 6 heteroatoms. The number of nitrogens with one attached hydrogen (secondary N) is 2. The lowest BCUT2D eigenvalue weighted by Crippen LogP contribution is -2.48. The molecule has 0 spiro atoms. The highest BCUT2D eigenvalue weighted by Gasteiger charge is 2.23. The number of amides is 1. The second-order valence-corrected chi connectivity index (χ2v) is 7.69. The van der Waals surface area contributed by atoms with Crippen LogP contribution < -0.4 is 10.2 Å². The highest BCUT2D eigenvalue weighted by atomic mass is 79.9. The molecule has 138 valence electrons. The van der Waals surface area contributed by atoms with Gasteiger partial charge in [0.25, 0.3) is 5.91 Å². The van der Waals surface area contributed by atoms with E-state index in [1.54, 1.807) is 0 Å². The third-order valence-corrected chi connectivity index (χ3v) is 5.31. The fraction of sp³-hybridized carbons (Fsp3) is 0.238. The number of rotatable bonds is 4. The van der Waals surface area contributed by atoms with E-state index in [2.05, 4.69) is 54.5 Å². The van der Waals surface area contributed by atoms with Crippen LogP contribution in [0, 0.1) is 0 Å². The van der Waals surface area contributed by atoms with Crippen molar-refractivity contribution in [1.29, 1.82) is 0 Å². The Hall–Kier alpha value is -2.60. The predicted octanol–water partition coefficient (Wildman–Crippen LogP) is 4.24. The summed E-state index contributed by atoms with van der Waals surface area (Å²) in [5.41, 5.74) is 2.80. The minimum absolute atomic E-state index is 0.0323. The van der Waals surface area contributed by atoms with Crippen molar-refractivity contribution in [1.82, 2.24) is 15.5 Å². The van der Waals surface area contributed by atoms with Gasteiger partial charge in [-0.05, 0) is 36.6 Å². The van der Waals surface area contributed by atoms with E-state index in [1.165, 1.54) is 0 Å². The Morgan fingerprint density at radius 2 is 2.00 bits per heavy atom. The molecule has 2 N–H and O–H groups in total. The summed E-state index contributed by atoms with van der Waals surface area (Å²) in [5.74, 6) is 0.894. The topological polar surface area (TPSA) is 61.0 Å². The molecule has 1 aliphatic heterocycles. The van der Waals surface area contributed by atoms with E-state index in [4.69, 9.17) is 0 Å². The van der Waals surface area contributed by atoms with Crippen LogP contribution in [0.25, 0.3) is 11.3 Å². The lowest BCUT2D eigenvalue weighted by molar-refractivity contribution is 0.0933. The van der Waals surface area contributed by atoms with E-state index in [9.17, 15) is 4.79 Å². The van der Waals surface area contributed by atoms with Crippen LogP contribution in [0.2, 0.25) is 0 Å². The zero-order chi connectivity index (χ0) is 18.6. The largest absolute Gasteiger partial charge is 0.353 e. The van der Waals surface area contributed by atoms with Gasteiger partial charge in [-0.25, -0.2) is 0 Å². The van der Waals surface area contributed by atoms with Gasteiger partial charge in [0.05, 0.1) is 5.69 Å². The molecule has 5 nitrogen and oxygen atoms in total. The Morgan fingerprint density at radius 3 is 2.81 bits per heavy atom. The fourth-order valence-electron chi connectivity index (χ4n) is 3.44. The fourth-order valence-corrected chi connectivity index (χ4v) is 3.84. The quantitative estimate of drug-likeness (QED) is 0.658. The predicted molar refractivity (Wildman–Crippen MR) is 111 cm³/mol.